The third kappa shape index (κ3) is 4.49. The van der Waals surface area contributed by atoms with Gasteiger partial charge in [-0.15, -0.1) is 0 Å². The Morgan fingerprint density at radius 1 is 1.60 bits per heavy atom. The van der Waals surface area contributed by atoms with Crippen LogP contribution in [0.25, 0.3) is 0 Å². The Morgan fingerprint density at radius 2 is 2.27 bits per heavy atom. The van der Waals surface area contributed by atoms with Gasteiger partial charge in [0.2, 0.25) is 0 Å². The van der Waals surface area contributed by atoms with Gasteiger partial charge in [0.1, 0.15) is 6.10 Å². The van der Waals surface area contributed by atoms with Gasteiger partial charge in [-0.05, 0) is 12.5 Å². The van der Waals surface area contributed by atoms with Gasteiger partial charge in [-0.25, -0.2) is 4.79 Å². The van der Waals surface area contributed by atoms with Crippen LogP contribution in [-0.4, -0.2) is 18.7 Å². The summed E-state index contributed by atoms with van der Waals surface area (Å²) < 4.78 is 4.99. The quantitative estimate of drug-likeness (QED) is 0.726. The first-order valence-electron chi connectivity index (χ1n) is 5.17. The van der Waals surface area contributed by atoms with E-state index in [1.165, 1.54) is 0 Å². The number of alkyl carbamates (subject to hydrolysis) is 1. The standard InChI is InChI=1S/C10H13NO2.C2H6/c1-3-5-6-8(4-2)9-7-11-10(12)13-9;1-2/h3-6,9H,2,7H2,1H3,(H,11,12);1-2H3/b5-3-,8-6+;. The number of allylic oxidation sites excluding steroid dienone is 3. The lowest BCUT2D eigenvalue weighted by Gasteiger charge is -2.07. The summed E-state index contributed by atoms with van der Waals surface area (Å²) in [5.74, 6) is 0. The smallest absolute Gasteiger partial charge is 0.407 e. The number of carbonyl (C=O) groups excluding carboxylic acids is 1. The molecule has 84 valence electrons. The number of rotatable bonds is 3. The molecule has 0 saturated carbocycles. The molecule has 3 heteroatoms. The maximum atomic E-state index is 10.7. The van der Waals surface area contributed by atoms with Gasteiger partial charge in [0.15, 0.2) is 0 Å². The van der Waals surface area contributed by atoms with Crippen LogP contribution >= 0.6 is 0 Å². The van der Waals surface area contributed by atoms with E-state index < -0.39 is 0 Å². The minimum atomic E-state index is -0.363. The Morgan fingerprint density at radius 3 is 2.67 bits per heavy atom. The molecule has 1 saturated heterocycles. The summed E-state index contributed by atoms with van der Waals surface area (Å²) in [7, 11) is 0. The first kappa shape index (κ1) is 13.5. The van der Waals surface area contributed by atoms with E-state index in [1.54, 1.807) is 6.08 Å². The van der Waals surface area contributed by atoms with E-state index in [9.17, 15) is 4.79 Å². The number of cyclic esters (lactones) is 1. The predicted octanol–water partition coefficient (Wildman–Crippen LogP) is 2.81. The van der Waals surface area contributed by atoms with E-state index in [0.717, 1.165) is 5.57 Å². The fourth-order valence-corrected chi connectivity index (χ4v) is 1.09. The molecule has 0 radical (unpaired) electrons. The van der Waals surface area contributed by atoms with Crippen molar-refractivity contribution in [1.82, 2.24) is 5.32 Å². The molecule has 1 atom stereocenters. The molecule has 1 N–H and O–H groups in total. The Balaban J connectivity index is 0.000000921. The number of hydrogen-bond donors (Lipinski definition) is 1. The topological polar surface area (TPSA) is 38.3 Å². The van der Waals surface area contributed by atoms with Crippen molar-refractivity contribution in [3.63, 3.8) is 0 Å². The summed E-state index contributed by atoms with van der Waals surface area (Å²) in [5, 5.41) is 2.59. The van der Waals surface area contributed by atoms with Gasteiger partial charge in [-0.2, -0.15) is 0 Å². The highest BCUT2D eigenvalue weighted by Gasteiger charge is 2.23. The lowest BCUT2D eigenvalue weighted by molar-refractivity contribution is 0.155. The number of hydrogen-bond acceptors (Lipinski definition) is 2. The van der Waals surface area contributed by atoms with E-state index in [4.69, 9.17) is 4.74 Å². The molecule has 1 heterocycles. The summed E-state index contributed by atoms with van der Waals surface area (Å²) in [4.78, 5) is 10.7. The van der Waals surface area contributed by atoms with Crippen molar-refractivity contribution in [2.24, 2.45) is 0 Å². The van der Waals surface area contributed by atoms with Crippen LogP contribution in [-0.2, 0) is 4.74 Å². The van der Waals surface area contributed by atoms with Crippen LogP contribution in [0.3, 0.4) is 0 Å². The Hall–Kier alpha value is -1.51. The van der Waals surface area contributed by atoms with Crippen molar-refractivity contribution >= 4 is 6.09 Å². The summed E-state index contributed by atoms with van der Waals surface area (Å²) in [6, 6.07) is 0. The van der Waals surface area contributed by atoms with Crippen molar-refractivity contribution in [2.45, 2.75) is 26.9 Å². The SMILES string of the molecule is C=C/C(=C\C=C/C)C1CNC(=O)O1.CC. The molecule has 15 heavy (non-hydrogen) atoms. The van der Waals surface area contributed by atoms with E-state index in [1.807, 2.05) is 39.0 Å². The third-order valence-electron chi connectivity index (χ3n) is 1.77. The average Bonchev–Trinajstić information content (AvgIpc) is 2.69. The first-order chi connectivity index (χ1) is 7.27. The second-order valence-corrected chi connectivity index (χ2v) is 2.67. The third-order valence-corrected chi connectivity index (χ3v) is 1.77. The molecular formula is C12H19NO2. The highest BCUT2D eigenvalue weighted by atomic mass is 16.6. The zero-order valence-corrected chi connectivity index (χ0v) is 9.62. The molecule has 0 aromatic carbocycles. The van der Waals surface area contributed by atoms with Gasteiger partial charge in [0.05, 0.1) is 6.54 Å². The molecule has 0 aromatic rings. The zero-order valence-electron chi connectivity index (χ0n) is 9.62. The number of carbonyl (C=O) groups is 1. The predicted molar refractivity (Wildman–Crippen MR) is 62.7 cm³/mol. The van der Waals surface area contributed by atoms with Crippen LogP contribution in [0.1, 0.15) is 20.8 Å². The Bertz CT molecular complexity index is 267. The summed E-state index contributed by atoms with van der Waals surface area (Å²) >= 11 is 0. The van der Waals surface area contributed by atoms with Crippen LogP contribution < -0.4 is 5.32 Å². The van der Waals surface area contributed by atoms with Crippen LogP contribution in [0, 0.1) is 0 Å². The lowest BCUT2D eigenvalue weighted by Crippen LogP contribution is -2.15. The van der Waals surface area contributed by atoms with Crippen LogP contribution in [0.4, 0.5) is 4.79 Å². The fraction of sp³-hybridized carbons (Fsp3) is 0.417. The average molecular weight is 209 g/mol. The molecule has 0 spiro atoms. The Kier molecular flexibility index (Phi) is 7.06. The van der Waals surface area contributed by atoms with E-state index in [0.29, 0.717) is 6.54 Å². The molecule has 1 unspecified atom stereocenters. The summed E-state index contributed by atoms with van der Waals surface area (Å²) in [6.45, 7) is 10.1. The molecule has 1 fully saturated rings. The molecule has 0 bridgehead atoms. The number of nitrogens with one attached hydrogen (secondary N) is 1. The van der Waals surface area contributed by atoms with Crippen LogP contribution in [0.2, 0.25) is 0 Å². The molecule has 1 aliphatic heterocycles. The molecular weight excluding hydrogens is 190 g/mol. The van der Waals surface area contributed by atoms with Crippen molar-refractivity contribution in [3.8, 4) is 0 Å². The molecule has 0 aromatic heterocycles. The van der Waals surface area contributed by atoms with E-state index >= 15 is 0 Å². The van der Waals surface area contributed by atoms with Gasteiger partial charge >= 0.3 is 6.09 Å². The molecule has 1 rings (SSSR count). The van der Waals surface area contributed by atoms with Gasteiger partial charge in [0, 0.05) is 0 Å². The molecule has 0 aliphatic carbocycles. The number of ether oxygens (including phenoxy) is 1. The highest BCUT2D eigenvalue weighted by molar-refractivity contribution is 5.70. The minimum absolute atomic E-state index is 0.193. The highest BCUT2D eigenvalue weighted by Crippen LogP contribution is 2.12. The van der Waals surface area contributed by atoms with Crippen molar-refractivity contribution in [2.75, 3.05) is 6.54 Å². The van der Waals surface area contributed by atoms with Gasteiger partial charge in [0.25, 0.3) is 0 Å². The van der Waals surface area contributed by atoms with Gasteiger partial charge in [-0.3, -0.25) is 0 Å². The van der Waals surface area contributed by atoms with E-state index in [-0.39, 0.29) is 12.2 Å². The van der Waals surface area contributed by atoms with Crippen molar-refractivity contribution in [1.29, 1.82) is 0 Å². The van der Waals surface area contributed by atoms with Crippen molar-refractivity contribution < 1.29 is 9.53 Å². The maximum Gasteiger partial charge on any atom is 0.407 e. The Labute approximate surface area is 91.5 Å². The minimum Gasteiger partial charge on any atom is -0.439 e. The maximum absolute atomic E-state index is 10.7. The van der Waals surface area contributed by atoms with E-state index in [2.05, 4.69) is 11.9 Å². The van der Waals surface area contributed by atoms with Gasteiger partial charge in [-0.1, -0.05) is 44.7 Å². The zero-order chi connectivity index (χ0) is 11.7. The van der Waals surface area contributed by atoms with Crippen LogP contribution in [0.5, 0.6) is 0 Å². The lowest BCUT2D eigenvalue weighted by atomic mass is 10.1. The number of amides is 1. The van der Waals surface area contributed by atoms with Crippen molar-refractivity contribution in [3.05, 3.63) is 36.5 Å². The largest absolute Gasteiger partial charge is 0.439 e. The summed E-state index contributed by atoms with van der Waals surface area (Å²) in [5.41, 5.74) is 0.913. The molecule has 1 amide bonds. The second kappa shape index (κ2) is 7.85. The fourth-order valence-electron chi connectivity index (χ4n) is 1.09. The molecule has 3 nitrogen and oxygen atoms in total. The second-order valence-electron chi connectivity index (χ2n) is 2.67. The normalized spacial score (nSPS) is 20.3. The molecule has 1 aliphatic rings. The van der Waals surface area contributed by atoms with Crippen LogP contribution in [0.15, 0.2) is 36.5 Å². The summed E-state index contributed by atoms with van der Waals surface area (Å²) in [6.07, 6.45) is 6.83. The monoisotopic (exact) mass is 209 g/mol. The first-order valence-corrected chi connectivity index (χ1v) is 5.17. The van der Waals surface area contributed by atoms with Gasteiger partial charge < -0.3 is 10.1 Å².